The fraction of sp³-hybridized carbons (Fsp3) is 0.111. The highest BCUT2D eigenvalue weighted by molar-refractivity contribution is 9.10. The second kappa shape index (κ2) is 5.37. The number of benzene rings is 1. The van der Waals surface area contributed by atoms with Crippen molar-refractivity contribution in [1.82, 2.24) is 15.0 Å². The number of non-ortho nitro benzene ring substituents is 1. The van der Waals surface area contributed by atoms with Crippen molar-refractivity contribution in [2.45, 2.75) is 5.03 Å². The van der Waals surface area contributed by atoms with E-state index in [9.17, 15) is 22.9 Å². The van der Waals surface area contributed by atoms with E-state index in [1.807, 2.05) is 4.72 Å². The van der Waals surface area contributed by atoms with Crippen LogP contribution in [0.3, 0.4) is 0 Å². The third-order valence-corrected chi connectivity index (χ3v) is 4.65. The van der Waals surface area contributed by atoms with Crippen LogP contribution in [-0.4, -0.2) is 28.3 Å². The molecule has 0 atom stereocenters. The van der Waals surface area contributed by atoms with Crippen molar-refractivity contribution in [2.75, 3.05) is 4.72 Å². The second-order valence-electron chi connectivity index (χ2n) is 3.84. The normalized spacial score (nSPS) is 11.4. The van der Waals surface area contributed by atoms with Gasteiger partial charge in [-0.15, -0.1) is 5.10 Å². The first-order chi connectivity index (χ1) is 9.72. The van der Waals surface area contributed by atoms with Gasteiger partial charge in [0.15, 0.2) is 10.4 Å². The lowest BCUT2D eigenvalue weighted by molar-refractivity contribution is -0.385. The average molecular weight is 380 g/mol. The van der Waals surface area contributed by atoms with Crippen LogP contribution in [0.15, 0.2) is 27.8 Å². The lowest BCUT2D eigenvalue weighted by Gasteiger charge is -2.08. The standard InChI is InChI=1S/C9H7BrFN5O4S/c1-15-9(8(10)12-14-15)21(19,20)13-7-3-2-5(16(17)18)4-6(7)11/h2-4,13H,1H3. The molecule has 0 aliphatic carbocycles. The zero-order valence-electron chi connectivity index (χ0n) is 10.3. The number of aromatic nitrogens is 3. The maximum absolute atomic E-state index is 13.7. The van der Waals surface area contributed by atoms with E-state index in [-0.39, 0.29) is 9.63 Å². The summed E-state index contributed by atoms with van der Waals surface area (Å²) in [5.74, 6) is -1.07. The number of nitro groups is 1. The third-order valence-electron chi connectivity index (χ3n) is 2.40. The number of nitrogens with one attached hydrogen (secondary N) is 1. The highest BCUT2D eigenvalue weighted by Crippen LogP contribution is 2.25. The summed E-state index contributed by atoms with van der Waals surface area (Å²) in [6, 6.07) is 2.56. The van der Waals surface area contributed by atoms with Crippen molar-refractivity contribution in [2.24, 2.45) is 7.05 Å². The molecule has 0 aliphatic rings. The summed E-state index contributed by atoms with van der Waals surface area (Å²) >= 11 is 2.92. The average Bonchev–Trinajstić information content (AvgIpc) is 2.71. The van der Waals surface area contributed by atoms with Gasteiger partial charge in [-0.2, -0.15) is 8.42 Å². The van der Waals surface area contributed by atoms with Crippen LogP contribution < -0.4 is 4.72 Å². The molecule has 0 bridgehead atoms. The Hall–Kier alpha value is -2.08. The molecule has 0 saturated heterocycles. The molecular weight excluding hydrogens is 373 g/mol. The summed E-state index contributed by atoms with van der Waals surface area (Å²) < 4.78 is 40.9. The number of nitrogens with zero attached hydrogens (tertiary/aromatic N) is 4. The van der Waals surface area contributed by atoms with Gasteiger partial charge in [0.2, 0.25) is 5.03 Å². The minimum absolute atomic E-state index is 0.0418. The molecule has 21 heavy (non-hydrogen) atoms. The maximum Gasteiger partial charge on any atom is 0.282 e. The van der Waals surface area contributed by atoms with Crippen LogP contribution in [-0.2, 0) is 17.1 Å². The Morgan fingerprint density at radius 1 is 1.48 bits per heavy atom. The fourth-order valence-electron chi connectivity index (χ4n) is 1.50. The first kappa shape index (κ1) is 15.3. The van der Waals surface area contributed by atoms with Crippen molar-refractivity contribution < 1.29 is 17.7 Å². The smallest absolute Gasteiger partial charge is 0.275 e. The van der Waals surface area contributed by atoms with Gasteiger partial charge in [0.05, 0.1) is 16.7 Å². The van der Waals surface area contributed by atoms with Gasteiger partial charge in [0.1, 0.15) is 0 Å². The molecule has 0 aliphatic heterocycles. The molecular formula is C9H7BrFN5O4S. The molecule has 2 rings (SSSR count). The largest absolute Gasteiger partial charge is 0.282 e. The monoisotopic (exact) mass is 379 g/mol. The van der Waals surface area contributed by atoms with Gasteiger partial charge in [0.25, 0.3) is 15.7 Å². The predicted octanol–water partition coefficient (Wildman–Crippen LogP) is 1.43. The molecule has 112 valence electrons. The second-order valence-corrected chi connectivity index (χ2v) is 6.18. The van der Waals surface area contributed by atoms with Gasteiger partial charge in [-0.3, -0.25) is 14.8 Å². The van der Waals surface area contributed by atoms with E-state index in [1.165, 1.54) is 7.05 Å². The molecule has 1 aromatic carbocycles. The van der Waals surface area contributed by atoms with Gasteiger partial charge in [-0.05, 0) is 22.0 Å². The van der Waals surface area contributed by atoms with Crippen molar-refractivity contribution in [3.05, 3.63) is 38.7 Å². The van der Waals surface area contributed by atoms with Crippen LogP contribution in [0.2, 0.25) is 0 Å². The topological polar surface area (TPSA) is 120 Å². The molecule has 1 heterocycles. The van der Waals surface area contributed by atoms with E-state index >= 15 is 0 Å². The first-order valence-corrected chi connectivity index (χ1v) is 7.52. The van der Waals surface area contributed by atoms with Gasteiger partial charge < -0.3 is 0 Å². The first-order valence-electron chi connectivity index (χ1n) is 5.24. The highest BCUT2D eigenvalue weighted by atomic mass is 79.9. The Labute approximate surface area is 126 Å². The van der Waals surface area contributed by atoms with Crippen LogP contribution in [0, 0.1) is 15.9 Å². The molecule has 1 N–H and O–H groups in total. The van der Waals surface area contributed by atoms with Gasteiger partial charge in [0, 0.05) is 13.1 Å². The minimum atomic E-state index is -4.16. The number of halogens is 2. The number of nitro benzene ring substituents is 1. The van der Waals surface area contributed by atoms with Crippen molar-refractivity contribution in [1.29, 1.82) is 0 Å². The molecule has 0 fully saturated rings. The number of hydrogen-bond acceptors (Lipinski definition) is 6. The zero-order valence-corrected chi connectivity index (χ0v) is 12.7. The van der Waals surface area contributed by atoms with Crippen LogP contribution >= 0.6 is 15.9 Å². The summed E-state index contributed by atoms with van der Waals surface area (Å²) in [6.45, 7) is 0. The van der Waals surface area contributed by atoms with Gasteiger partial charge >= 0.3 is 0 Å². The molecule has 9 nitrogen and oxygen atoms in total. The van der Waals surface area contributed by atoms with E-state index in [4.69, 9.17) is 0 Å². The van der Waals surface area contributed by atoms with Crippen LogP contribution in [0.25, 0.3) is 0 Å². The van der Waals surface area contributed by atoms with Crippen LogP contribution in [0.5, 0.6) is 0 Å². The minimum Gasteiger partial charge on any atom is -0.275 e. The van der Waals surface area contributed by atoms with E-state index in [1.54, 1.807) is 0 Å². The molecule has 0 unspecified atom stereocenters. The van der Waals surface area contributed by atoms with Crippen LogP contribution in [0.1, 0.15) is 0 Å². The molecule has 0 spiro atoms. The predicted molar refractivity (Wildman–Crippen MR) is 72.6 cm³/mol. The molecule has 0 saturated carbocycles. The summed E-state index contributed by atoms with van der Waals surface area (Å²) in [4.78, 5) is 9.71. The molecule has 12 heteroatoms. The van der Waals surface area contributed by atoms with Gasteiger partial charge in [-0.25, -0.2) is 9.07 Å². The molecule has 0 radical (unpaired) electrons. The fourth-order valence-corrected chi connectivity index (χ4v) is 3.67. The summed E-state index contributed by atoms with van der Waals surface area (Å²) in [6.07, 6.45) is 0. The summed E-state index contributed by atoms with van der Waals surface area (Å²) in [5, 5.41) is 17.2. The Morgan fingerprint density at radius 3 is 2.62 bits per heavy atom. The number of hydrogen-bond donors (Lipinski definition) is 1. The Balaban J connectivity index is 2.40. The lowest BCUT2D eigenvalue weighted by atomic mass is 10.3. The van der Waals surface area contributed by atoms with E-state index < -0.39 is 32.1 Å². The number of sulfonamides is 1. The summed E-state index contributed by atoms with van der Waals surface area (Å²) in [7, 11) is -2.81. The zero-order chi connectivity index (χ0) is 15.8. The maximum atomic E-state index is 13.7. The van der Waals surface area contributed by atoms with E-state index in [0.717, 1.165) is 16.8 Å². The Morgan fingerprint density at radius 2 is 2.14 bits per heavy atom. The Bertz CT molecular complexity index is 802. The molecule has 0 amide bonds. The lowest BCUT2D eigenvalue weighted by Crippen LogP contribution is -2.18. The quantitative estimate of drug-likeness (QED) is 0.633. The third kappa shape index (κ3) is 3.00. The number of anilines is 1. The number of rotatable bonds is 4. The number of aryl methyl sites for hydroxylation is 1. The summed E-state index contributed by atoms with van der Waals surface area (Å²) in [5.41, 5.74) is -0.910. The van der Waals surface area contributed by atoms with Crippen molar-refractivity contribution in [3.63, 3.8) is 0 Å². The molecule has 1 aromatic heterocycles. The van der Waals surface area contributed by atoms with Crippen molar-refractivity contribution >= 4 is 37.3 Å². The van der Waals surface area contributed by atoms with Crippen molar-refractivity contribution in [3.8, 4) is 0 Å². The molecule has 2 aromatic rings. The SMILES string of the molecule is Cn1nnc(Br)c1S(=O)(=O)Nc1ccc([N+](=O)[O-])cc1F. The van der Waals surface area contributed by atoms with E-state index in [0.29, 0.717) is 6.07 Å². The van der Waals surface area contributed by atoms with Gasteiger partial charge in [-0.1, -0.05) is 5.21 Å². The van der Waals surface area contributed by atoms with Crippen LogP contribution in [0.4, 0.5) is 15.8 Å². The van der Waals surface area contributed by atoms with E-state index in [2.05, 4.69) is 26.2 Å². The highest BCUT2D eigenvalue weighted by Gasteiger charge is 2.25. The Kier molecular flexibility index (Phi) is 3.91.